The molecule has 0 bridgehead atoms. The number of nitrogens with zero attached hydrogens (tertiary/aromatic N) is 1. The van der Waals surface area contributed by atoms with E-state index in [1.807, 2.05) is 37.3 Å². The molecule has 0 aliphatic rings. The van der Waals surface area contributed by atoms with Gasteiger partial charge in [0.05, 0.1) is 17.8 Å². The topological polar surface area (TPSA) is 59.1 Å². The summed E-state index contributed by atoms with van der Waals surface area (Å²) in [5.41, 5.74) is 9.78. The molecule has 3 aromatic rings. The van der Waals surface area contributed by atoms with E-state index < -0.39 is 0 Å². The van der Waals surface area contributed by atoms with Gasteiger partial charge in [-0.25, -0.2) is 4.39 Å². The average molecular weight is 296 g/mol. The second-order valence-electron chi connectivity index (χ2n) is 5.32. The van der Waals surface area contributed by atoms with Crippen molar-refractivity contribution >= 4 is 10.9 Å². The Morgan fingerprint density at radius 1 is 1.18 bits per heavy atom. The molecule has 1 atom stereocenters. The van der Waals surface area contributed by atoms with E-state index in [1.54, 1.807) is 6.07 Å². The lowest BCUT2D eigenvalue weighted by atomic mass is 9.92. The fraction of sp³-hybridized carbons (Fsp3) is 0.167. The van der Waals surface area contributed by atoms with Gasteiger partial charge in [-0.15, -0.1) is 0 Å². The number of rotatable bonds is 3. The molecular weight excluding hydrogens is 279 g/mol. The highest BCUT2D eigenvalue weighted by molar-refractivity contribution is 5.90. The number of aromatic nitrogens is 1. The molecule has 1 aromatic heterocycles. The number of pyridine rings is 1. The summed E-state index contributed by atoms with van der Waals surface area (Å²) in [6.45, 7) is 1.65. The van der Waals surface area contributed by atoms with Gasteiger partial charge in [-0.2, -0.15) is 0 Å². The molecule has 0 fully saturated rings. The van der Waals surface area contributed by atoms with E-state index in [1.165, 1.54) is 12.1 Å². The Balaban J connectivity index is 2.43. The Morgan fingerprint density at radius 3 is 2.55 bits per heavy atom. The lowest BCUT2D eigenvalue weighted by molar-refractivity contribution is 0.283. The van der Waals surface area contributed by atoms with Crippen molar-refractivity contribution in [2.75, 3.05) is 0 Å². The van der Waals surface area contributed by atoms with Crippen LogP contribution in [0.25, 0.3) is 22.0 Å². The summed E-state index contributed by atoms with van der Waals surface area (Å²) in [6, 6.07) is 13.7. The maximum atomic E-state index is 13.6. The molecule has 3 rings (SSSR count). The summed E-state index contributed by atoms with van der Waals surface area (Å²) in [6.07, 6.45) is 0. The molecule has 0 aliphatic carbocycles. The lowest BCUT2D eigenvalue weighted by Crippen LogP contribution is -2.11. The lowest BCUT2D eigenvalue weighted by Gasteiger charge is -2.18. The number of hydrogen-bond donors (Lipinski definition) is 2. The van der Waals surface area contributed by atoms with Crippen molar-refractivity contribution in [2.24, 2.45) is 5.73 Å². The van der Waals surface area contributed by atoms with Gasteiger partial charge in [0.25, 0.3) is 0 Å². The van der Waals surface area contributed by atoms with Crippen LogP contribution in [0.1, 0.15) is 24.2 Å². The van der Waals surface area contributed by atoms with Crippen LogP contribution in [0.3, 0.4) is 0 Å². The first-order chi connectivity index (χ1) is 10.6. The Labute approximate surface area is 128 Å². The van der Waals surface area contributed by atoms with E-state index in [0.717, 1.165) is 11.1 Å². The van der Waals surface area contributed by atoms with Gasteiger partial charge in [-0.3, -0.25) is 4.98 Å². The largest absolute Gasteiger partial charge is 0.392 e. The fourth-order valence-electron chi connectivity index (χ4n) is 2.74. The maximum absolute atomic E-state index is 13.6. The molecule has 0 spiro atoms. The Bertz CT molecular complexity index is 816. The van der Waals surface area contributed by atoms with Crippen molar-refractivity contribution in [3.05, 3.63) is 65.6 Å². The van der Waals surface area contributed by atoms with Gasteiger partial charge < -0.3 is 10.8 Å². The summed E-state index contributed by atoms with van der Waals surface area (Å²) < 4.78 is 13.6. The van der Waals surface area contributed by atoms with Crippen LogP contribution in [0.15, 0.2) is 48.5 Å². The Kier molecular flexibility index (Phi) is 3.88. The quantitative estimate of drug-likeness (QED) is 0.777. The van der Waals surface area contributed by atoms with Gasteiger partial charge in [0.15, 0.2) is 0 Å². The molecule has 0 saturated heterocycles. The first-order valence-electron chi connectivity index (χ1n) is 7.15. The molecule has 2 aromatic carbocycles. The van der Waals surface area contributed by atoms with Crippen LogP contribution < -0.4 is 5.73 Å². The van der Waals surface area contributed by atoms with Crippen LogP contribution in [0.2, 0.25) is 0 Å². The predicted molar refractivity (Wildman–Crippen MR) is 85.7 cm³/mol. The molecular formula is C18H17FN2O. The molecule has 0 saturated carbocycles. The maximum Gasteiger partial charge on any atom is 0.123 e. The van der Waals surface area contributed by atoms with Crippen LogP contribution in [0, 0.1) is 5.82 Å². The van der Waals surface area contributed by atoms with E-state index in [9.17, 15) is 9.50 Å². The van der Waals surface area contributed by atoms with Gasteiger partial charge in [0.2, 0.25) is 0 Å². The van der Waals surface area contributed by atoms with Gasteiger partial charge >= 0.3 is 0 Å². The number of nitrogens with two attached hydrogens (primary N) is 1. The first-order valence-corrected chi connectivity index (χ1v) is 7.15. The van der Waals surface area contributed by atoms with Gasteiger partial charge in [-0.05, 0) is 36.2 Å². The SMILES string of the molecule is CC(N)c1nc2ccc(F)cc2c(CO)c1-c1ccccc1. The second kappa shape index (κ2) is 5.83. The van der Waals surface area contributed by atoms with Crippen LogP contribution >= 0.6 is 0 Å². The number of benzene rings is 2. The molecule has 3 N–H and O–H groups in total. The molecule has 4 heteroatoms. The van der Waals surface area contributed by atoms with Crippen LogP contribution in [0.4, 0.5) is 4.39 Å². The van der Waals surface area contributed by atoms with E-state index in [4.69, 9.17) is 5.73 Å². The third-order valence-electron chi connectivity index (χ3n) is 3.73. The molecule has 0 aliphatic heterocycles. The molecule has 3 nitrogen and oxygen atoms in total. The van der Waals surface area contributed by atoms with Crippen molar-refractivity contribution in [3.63, 3.8) is 0 Å². The van der Waals surface area contributed by atoms with Crippen LogP contribution in [0.5, 0.6) is 0 Å². The fourth-order valence-corrected chi connectivity index (χ4v) is 2.74. The summed E-state index contributed by atoms with van der Waals surface area (Å²) in [4.78, 5) is 4.60. The second-order valence-corrected chi connectivity index (χ2v) is 5.32. The third kappa shape index (κ3) is 2.47. The van der Waals surface area contributed by atoms with Gasteiger partial charge in [0.1, 0.15) is 5.82 Å². The zero-order chi connectivity index (χ0) is 15.7. The van der Waals surface area contributed by atoms with Gasteiger partial charge in [0, 0.05) is 17.0 Å². The van der Waals surface area contributed by atoms with E-state index >= 15 is 0 Å². The average Bonchev–Trinajstić information content (AvgIpc) is 2.53. The summed E-state index contributed by atoms with van der Waals surface area (Å²) >= 11 is 0. The van der Waals surface area contributed by atoms with Crippen molar-refractivity contribution in [3.8, 4) is 11.1 Å². The zero-order valence-electron chi connectivity index (χ0n) is 12.3. The molecule has 1 heterocycles. The summed E-state index contributed by atoms with van der Waals surface area (Å²) in [5.74, 6) is -0.350. The van der Waals surface area contributed by atoms with E-state index in [2.05, 4.69) is 4.98 Å². The highest BCUT2D eigenvalue weighted by Crippen LogP contribution is 2.34. The number of fused-ring (bicyclic) bond motifs is 1. The number of hydrogen-bond acceptors (Lipinski definition) is 3. The molecule has 112 valence electrons. The van der Waals surface area contributed by atoms with Crippen LogP contribution in [-0.4, -0.2) is 10.1 Å². The summed E-state index contributed by atoms with van der Waals surface area (Å²) in [5, 5.41) is 10.5. The minimum atomic E-state index is -0.350. The Hall–Kier alpha value is -2.30. The number of aliphatic hydroxyl groups is 1. The standard InChI is InChI=1S/C18H17FN2O/c1-11(20)18-17(12-5-3-2-4-6-12)15(10-22)14-9-13(19)7-8-16(14)21-18/h2-9,11,22H,10,20H2,1H3. The van der Waals surface area contributed by atoms with Crippen molar-refractivity contribution < 1.29 is 9.50 Å². The smallest absolute Gasteiger partial charge is 0.123 e. The van der Waals surface area contributed by atoms with Crippen molar-refractivity contribution in [1.82, 2.24) is 4.98 Å². The third-order valence-corrected chi connectivity index (χ3v) is 3.73. The summed E-state index contributed by atoms with van der Waals surface area (Å²) in [7, 11) is 0. The van der Waals surface area contributed by atoms with Crippen molar-refractivity contribution in [2.45, 2.75) is 19.6 Å². The minimum absolute atomic E-state index is 0.202. The molecule has 1 unspecified atom stereocenters. The predicted octanol–water partition coefficient (Wildman–Crippen LogP) is 3.55. The van der Waals surface area contributed by atoms with E-state index in [0.29, 0.717) is 22.2 Å². The monoisotopic (exact) mass is 296 g/mol. The number of halogens is 1. The Morgan fingerprint density at radius 2 is 1.91 bits per heavy atom. The molecule has 22 heavy (non-hydrogen) atoms. The minimum Gasteiger partial charge on any atom is -0.392 e. The zero-order valence-corrected chi connectivity index (χ0v) is 12.3. The highest BCUT2D eigenvalue weighted by Gasteiger charge is 2.18. The van der Waals surface area contributed by atoms with Crippen molar-refractivity contribution in [1.29, 1.82) is 0 Å². The van der Waals surface area contributed by atoms with Gasteiger partial charge in [-0.1, -0.05) is 30.3 Å². The first kappa shape index (κ1) is 14.6. The normalized spacial score (nSPS) is 12.5. The molecule has 0 radical (unpaired) electrons. The highest BCUT2D eigenvalue weighted by atomic mass is 19.1. The molecule has 0 amide bonds. The number of aliphatic hydroxyl groups excluding tert-OH is 1. The van der Waals surface area contributed by atoms with E-state index in [-0.39, 0.29) is 18.5 Å². The van der Waals surface area contributed by atoms with Crippen LogP contribution in [-0.2, 0) is 6.61 Å².